The fourth-order valence-electron chi connectivity index (χ4n) is 3.48. The van der Waals surface area contributed by atoms with Gasteiger partial charge in [-0.05, 0) is 77.9 Å². The molecule has 0 fully saturated rings. The fraction of sp³-hybridized carbons (Fsp3) is 0.0345. The number of hydrogen-bond donors (Lipinski definition) is 1. The molecule has 4 rings (SSSR count). The van der Waals surface area contributed by atoms with Crippen molar-refractivity contribution in [3.63, 3.8) is 0 Å². The van der Waals surface area contributed by atoms with Crippen molar-refractivity contribution >= 4 is 22.2 Å². The van der Waals surface area contributed by atoms with E-state index in [-0.39, 0.29) is 11.3 Å². The number of phenols is 1. The molecule has 0 radical (unpaired) electrons. The van der Waals surface area contributed by atoms with E-state index >= 15 is 0 Å². The molecule has 0 aliphatic rings. The molecule has 35 heavy (non-hydrogen) atoms. The second-order valence-electron chi connectivity index (χ2n) is 7.71. The van der Waals surface area contributed by atoms with E-state index in [1.807, 2.05) is 60.7 Å². The van der Waals surface area contributed by atoms with Crippen LogP contribution in [-0.2, 0) is 8.98 Å². The first-order chi connectivity index (χ1) is 16.9. The van der Waals surface area contributed by atoms with Gasteiger partial charge in [0, 0.05) is 20.3 Å². The number of rotatable bonds is 7. The molecule has 4 aromatic rings. The Morgan fingerprint density at radius 2 is 1.20 bits per heavy atom. The van der Waals surface area contributed by atoms with Gasteiger partial charge in [-0.1, -0.05) is 55.1 Å². The van der Waals surface area contributed by atoms with Gasteiger partial charge in [0.25, 0.3) is 0 Å². The maximum Gasteiger partial charge on any atom is 0.353 e. The second-order valence-corrected chi connectivity index (χ2v) is 10.4. The van der Waals surface area contributed by atoms with Crippen LogP contribution in [0.15, 0.2) is 136 Å². The van der Waals surface area contributed by atoms with Crippen molar-refractivity contribution < 1.29 is 23.6 Å². The maximum absolute atomic E-state index is 13.4. The molecular weight excluding hydrogens is 460 g/mol. The van der Waals surface area contributed by atoms with E-state index in [2.05, 4.69) is 6.58 Å². The number of carbonyl (C=O) groups excluding carboxylic acids is 2. The Bertz CT molecular complexity index is 1310. The first kappa shape index (κ1) is 23.9. The Kier molecular flexibility index (Phi) is 7.03. The first-order valence-electron chi connectivity index (χ1n) is 10.8. The fourth-order valence-corrected chi connectivity index (χ4v) is 6.50. The van der Waals surface area contributed by atoms with Crippen LogP contribution in [0.3, 0.4) is 0 Å². The summed E-state index contributed by atoms with van der Waals surface area (Å²) in [5.41, 5.74) is 0.363. The summed E-state index contributed by atoms with van der Waals surface area (Å²) in [5.74, 6) is -0.978. The lowest BCUT2D eigenvalue weighted by molar-refractivity contribution is -0.130. The van der Waals surface area contributed by atoms with Gasteiger partial charge < -0.3 is 14.0 Å². The average Bonchev–Trinajstić information content (AvgIpc) is 2.89. The summed E-state index contributed by atoms with van der Waals surface area (Å²) in [5, 5.41) is 10.3. The lowest BCUT2D eigenvalue weighted by atomic mass is 10.2. The molecule has 1 N–H and O–H groups in total. The van der Waals surface area contributed by atoms with E-state index < -0.39 is 22.2 Å². The lowest BCUT2D eigenvalue weighted by Crippen LogP contribution is -2.14. The van der Waals surface area contributed by atoms with Crippen LogP contribution in [0.1, 0.15) is 17.3 Å². The summed E-state index contributed by atoms with van der Waals surface area (Å²) in [7, 11) is -2.58. The summed E-state index contributed by atoms with van der Waals surface area (Å²) in [6.07, 6.45) is 0. The number of benzene rings is 4. The van der Waals surface area contributed by atoms with Crippen LogP contribution in [0.4, 0.5) is 0 Å². The first-order valence-corrected chi connectivity index (χ1v) is 12.4. The molecule has 0 spiro atoms. The molecule has 0 atom stereocenters. The molecule has 0 saturated heterocycles. The molecule has 0 heterocycles. The molecule has 6 heteroatoms. The van der Waals surface area contributed by atoms with Crippen molar-refractivity contribution in [1.29, 1.82) is 0 Å². The predicted molar refractivity (Wildman–Crippen MR) is 136 cm³/mol. The van der Waals surface area contributed by atoms with Crippen molar-refractivity contribution in [2.24, 2.45) is 0 Å². The highest BCUT2D eigenvalue weighted by Gasteiger charge is 2.36. The minimum absolute atomic E-state index is 0.0724. The third kappa shape index (κ3) is 4.98. The van der Waals surface area contributed by atoms with Crippen LogP contribution in [0.5, 0.6) is 11.5 Å². The van der Waals surface area contributed by atoms with Gasteiger partial charge in [0.2, 0.25) is 0 Å². The van der Waals surface area contributed by atoms with Gasteiger partial charge >= 0.3 is 11.9 Å². The Morgan fingerprint density at radius 1 is 0.714 bits per heavy atom. The van der Waals surface area contributed by atoms with Crippen molar-refractivity contribution in [1.82, 2.24) is 0 Å². The second kappa shape index (κ2) is 10.3. The third-order valence-electron chi connectivity index (χ3n) is 5.19. The third-order valence-corrected chi connectivity index (χ3v) is 8.40. The Balaban J connectivity index is 1.89. The molecule has 0 bridgehead atoms. The van der Waals surface area contributed by atoms with E-state index in [1.54, 1.807) is 43.3 Å². The van der Waals surface area contributed by atoms with E-state index in [9.17, 15) is 14.7 Å². The molecule has 0 aromatic heterocycles. The summed E-state index contributed by atoms with van der Waals surface area (Å²) >= 11 is 0. The monoisotopic (exact) mass is 484 g/mol. The minimum atomic E-state index is -2.58. The van der Waals surface area contributed by atoms with Crippen LogP contribution >= 0.6 is 10.3 Å². The van der Waals surface area contributed by atoms with Crippen LogP contribution in [0, 0.1) is 0 Å². The van der Waals surface area contributed by atoms with Gasteiger partial charge in [-0.25, -0.2) is 9.59 Å². The van der Waals surface area contributed by atoms with E-state index in [0.29, 0.717) is 16.2 Å². The zero-order valence-electron chi connectivity index (χ0n) is 19.1. The van der Waals surface area contributed by atoms with Crippen LogP contribution in [0.25, 0.3) is 0 Å². The Morgan fingerprint density at radius 3 is 1.71 bits per heavy atom. The van der Waals surface area contributed by atoms with Crippen molar-refractivity contribution in [2.75, 3.05) is 0 Å². The van der Waals surface area contributed by atoms with E-state index in [1.165, 1.54) is 12.1 Å². The molecule has 176 valence electrons. The normalized spacial score (nSPS) is 11.3. The predicted octanol–water partition coefficient (Wildman–Crippen LogP) is 6.93. The van der Waals surface area contributed by atoms with Crippen molar-refractivity contribution in [3.05, 3.63) is 127 Å². The molecule has 0 aliphatic heterocycles. The van der Waals surface area contributed by atoms with Gasteiger partial charge in [-0.15, -0.1) is 0 Å². The number of esters is 1. The van der Waals surface area contributed by atoms with Gasteiger partial charge in [-0.2, -0.15) is 0 Å². The highest BCUT2D eigenvalue weighted by Crippen LogP contribution is 2.69. The molecule has 4 aromatic carbocycles. The molecule has 0 saturated carbocycles. The van der Waals surface area contributed by atoms with Gasteiger partial charge in [0.15, 0.2) is 0 Å². The minimum Gasteiger partial charge on any atom is -0.507 e. The molecule has 0 amide bonds. The van der Waals surface area contributed by atoms with Gasteiger partial charge in [0.1, 0.15) is 17.1 Å². The molecule has 0 unspecified atom stereocenters. The van der Waals surface area contributed by atoms with E-state index in [0.717, 1.165) is 9.79 Å². The highest BCUT2D eigenvalue weighted by atomic mass is 32.3. The highest BCUT2D eigenvalue weighted by molar-refractivity contribution is 8.30. The average molecular weight is 485 g/mol. The molecular formula is C29H24O5S. The van der Waals surface area contributed by atoms with Crippen LogP contribution < -0.4 is 4.74 Å². The largest absolute Gasteiger partial charge is 0.507 e. The Hall–Kier alpha value is -4.29. The van der Waals surface area contributed by atoms with Gasteiger partial charge in [0.05, 0.1) is 0 Å². The van der Waals surface area contributed by atoms with E-state index in [4.69, 9.17) is 8.92 Å². The van der Waals surface area contributed by atoms with Crippen molar-refractivity contribution in [3.8, 4) is 11.5 Å². The molecule has 5 nitrogen and oxygen atoms in total. The standard InChI is InChI=1S/C29H24O5S/c1-21(2)28(31)33-22-17-19-25(20-18-22)35(23-11-5-3-6-12-23,24-13-7-4-8-14-24)34-29(32)26-15-9-10-16-27(26)30/h3-20,30H,1H2,2H3. The number of carbonyl (C=O) groups is 2. The SMILES string of the molecule is C=C(C)C(=O)Oc1ccc(S(OC(=O)c2ccccc2O)(c2ccccc2)c2ccccc2)cc1. The summed E-state index contributed by atoms with van der Waals surface area (Å²) in [6, 6.07) is 32.2. The number of hydrogen-bond acceptors (Lipinski definition) is 5. The van der Waals surface area contributed by atoms with Crippen LogP contribution in [0.2, 0.25) is 0 Å². The maximum atomic E-state index is 13.4. The summed E-state index contributed by atoms with van der Waals surface area (Å²) in [6.45, 7) is 5.19. The summed E-state index contributed by atoms with van der Waals surface area (Å²) < 4.78 is 11.7. The van der Waals surface area contributed by atoms with Crippen LogP contribution in [-0.4, -0.2) is 17.0 Å². The number of phenolic OH excluding ortho intramolecular Hbond substituents is 1. The topological polar surface area (TPSA) is 72.8 Å². The number of ether oxygens (including phenoxy) is 1. The lowest BCUT2D eigenvalue weighted by Gasteiger charge is -2.39. The zero-order chi connectivity index (χ0) is 24.8. The molecule has 0 aliphatic carbocycles. The smallest absolute Gasteiger partial charge is 0.353 e. The Labute approximate surface area is 205 Å². The van der Waals surface area contributed by atoms with Gasteiger partial charge in [-0.3, -0.25) is 0 Å². The quantitative estimate of drug-likeness (QED) is 0.175. The zero-order valence-corrected chi connectivity index (χ0v) is 19.9. The van der Waals surface area contributed by atoms with Crippen molar-refractivity contribution in [2.45, 2.75) is 21.6 Å². The number of para-hydroxylation sites is 1. The number of aromatic hydroxyl groups is 1. The summed E-state index contributed by atoms with van der Waals surface area (Å²) in [4.78, 5) is 27.7.